The van der Waals surface area contributed by atoms with Crippen molar-refractivity contribution in [2.75, 3.05) is 40.0 Å². The predicted molar refractivity (Wildman–Crippen MR) is 70.1 cm³/mol. The van der Waals surface area contributed by atoms with Crippen LogP contribution in [0.3, 0.4) is 0 Å². The molecule has 0 spiro atoms. The number of aromatic hydroxyl groups is 1. The SMILES string of the molecule is COC(=O)C(CN1CCOCC1)c1cccc(O)c1. The van der Waals surface area contributed by atoms with Crippen molar-refractivity contribution in [1.82, 2.24) is 4.90 Å². The maximum atomic E-state index is 11.9. The van der Waals surface area contributed by atoms with Crippen molar-refractivity contribution in [3.8, 4) is 5.75 Å². The molecule has 0 saturated carbocycles. The number of phenols is 1. The Morgan fingerprint density at radius 2 is 2.21 bits per heavy atom. The first kappa shape index (κ1) is 13.8. The zero-order valence-corrected chi connectivity index (χ0v) is 11.0. The minimum Gasteiger partial charge on any atom is -0.508 e. The van der Waals surface area contributed by atoms with Crippen LogP contribution in [-0.4, -0.2) is 55.9 Å². The van der Waals surface area contributed by atoms with E-state index in [0.29, 0.717) is 19.8 Å². The van der Waals surface area contributed by atoms with Gasteiger partial charge in [-0.25, -0.2) is 0 Å². The van der Waals surface area contributed by atoms with Crippen LogP contribution in [0.2, 0.25) is 0 Å². The van der Waals surface area contributed by atoms with Gasteiger partial charge in [0, 0.05) is 19.6 Å². The summed E-state index contributed by atoms with van der Waals surface area (Å²) in [4.78, 5) is 14.1. The summed E-state index contributed by atoms with van der Waals surface area (Å²) in [6.07, 6.45) is 0. The Labute approximate surface area is 112 Å². The molecule has 1 saturated heterocycles. The Kier molecular flexibility index (Phi) is 4.76. The average molecular weight is 265 g/mol. The molecule has 2 rings (SSSR count). The summed E-state index contributed by atoms with van der Waals surface area (Å²) in [6, 6.07) is 6.77. The van der Waals surface area contributed by atoms with Crippen LogP contribution < -0.4 is 0 Å². The highest BCUT2D eigenvalue weighted by molar-refractivity contribution is 5.78. The lowest BCUT2D eigenvalue weighted by molar-refractivity contribution is -0.143. The summed E-state index contributed by atoms with van der Waals surface area (Å²) in [5, 5.41) is 9.54. The second-order valence-corrected chi connectivity index (χ2v) is 4.58. The number of carbonyl (C=O) groups is 1. The van der Waals surface area contributed by atoms with E-state index >= 15 is 0 Å². The molecular formula is C14H19NO4. The molecule has 1 fully saturated rings. The molecule has 104 valence electrons. The number of morpholine rings is 1. The molecule has 0 aliphatic carbocycles. The topological polar surface area (TPSA) is 59.0 Å². The van der Waals surface area contributed by atoms with E-state index in [-0.39, 0.29) is 17.6 Å². The summed E-state index contributed by atoms with van der Waals surface area (Å²) >= 11 is 0. The van der Waals surface area contributed by atoms with Gasteiger partial charge in [0.25, 0.3) is 0 Å². The van der Waals surface area contributed by atoms with Gasteiger partial charge in [0.15, 0.2) is 0 Å². The number of phenolic OH excluding ortho intramolecular Hbond substituents is 1. The van der Waals surface area contributed by atoms with Gasteiger partial charge in [-0.3, -0.25) is 9.69 Å². The first-order valence-electron chi connectivity index (χ1n) is 6.37. The molecule has 1 N–H and O–H groups in total. The van der Waals surface area contributed by atoms with Gasteiger partial charge in [-0.05, 0) is 17.7 Å². The van der Waals surface area contributed by atoms with E-state index in [1.165, 1.54) is 7.11 Å². The molecule has 0 bridgehead atoms. The van der Waals surface area contributed by atoms with Crippen molar-refractivity contribution < 1.29 is 19.4 Å². The van der Waals surface area contributed by atoms with Crippen LogP contribution in [0.5, 0.6) is 5.75 Å². The van der Waals surface area contributed by atoms with Gasteiger partial charge < -0.3 is 14.6 Å². The molecule has 0 radical (unpaired) electrons. The normalized spacial score (nSPS) is 17.9. The maximum Gasteiger partial charge on any atom is 0.314 e. The average Bonchev–Trinajstić information content (AvgIpc) is 2.45. The Balaban J connectivity index is 2.13. The van der Waals surface area contributed by atoms with Gasteiger partial charge in [-0.15, -0.1) is 0 Å². The molecular weight excluding hydrogens is 246 g/mol. The van der Waals surface area contributed by atoms with Crippen LogP contribution in [0.1, 0.15) is 11.5 Å². The van der Waals surface area contributed by atoms with Gasteiger partial charge in [0.1, 0.15) is 5.75 Å². The number of benzene rings is 1. The lowest BCUT2D eigenvalue weighted by Gasteiger charge is -2.29. The highest BCUT2D eigenvalue weighted by atomic mass is 16.5. The summed E-state index contributed by atoms with van der Waals surface area (Å²) < 4.78 is 10.2. The Morgan fingerprint density at radius 3 is 2.84 bits per heavy atom. The summed E-state index contributed by atoms with van der Waals surface area (Å²) in [5.41, 5.74) is 0.776. The molecule has 1 aromatic carbocycles. The minimum absolute atomic E-state index is 0.161. The molecule has 0 aromatic heterocycles. The van der Waals surface area contributed by atoms with E-state index in [1.54, 1.807) is 18.2 Å². The van der Waals surface area contributed by atoms with Crippen LogP contribution in [0, 0.1) is 0 Å². The number of esters is 1. The van der Waals surface area contributed by atoms with Crippen molar-refractivity contribution in [1.29, 1.82) is 0 Å². The third-order valence-electron chi connectivity index (χ3n) is 3.30. The molecule has 1 aromatic rings. The second-order valence-electron chi connectivity index (χ2n) is 4.58. The molecule has 5 nitrogen and oxygen atoms in total. The fraction of sp³-hybridized carbons (Fsp3) is 0.500. The molecule has 1 atom stereocenters. The molecule has 19 heavy (non-hydrogen) atoms. The molecule has 5 heteroatoms. The Bertz CT molecular complexity index is 429. The van der Waals surface area contributed by atoms with Gasteiger partial charge in [-0.1, -0.05) is 12.1 Å². The minimum atomic E-state index is -0.379. The summed E-state index contributed by atoms with van der Waals surface area (Å²) in [6.45, 7) is 3.58. The predicted octanol–water partition coefficient (Wildman–Crippen LogP) is 0.981. The summed E-state index contributed by atoms with van der Waals surface area (Å²) in [7, 11) is 1.39. The largest absolute Gasteiger partial charge is 0.508 e. The molecule has 1 aliphatic heterocycles. The van der Waals surface area contributed by atoms with Crippen LogP contribution in [0.15, 0.2) is 24.3 Å². The molecule has 1 unspecified atom stereocenters. The fourth-order valence-electron chi connectivity index (χ4n) is 2.24. The third-order valence-corrected chi connectivity index (χ3v) is 3.30. The highest BCUT2D eigenvalue weighted by Crippen LogP contribution is 2.23. The van der Waals surface area contributed by atoms with E-state index < -0.39 is 0 Å². The lowest BCUT2D eigenvalue weighted by atomic mass is 9.98. The molecule has 1 aliphatic rings. The van der Waals surface area contributed by atoms with Gasteiger partial charge in [-0.2, -0.15) is 0 Å². The number of methoxy groups -OCH3 is 1. The fourth-order valence-corrected chi connectivity index (χ4v) is 2.24. The quantitative estimate of drug-likeness (QED) is 0.822. The second kappa shape index (κ2) is 6.54. The van der Waals surface area contributed by atoms with Gasteiger partial charge >= 0.3 is 5.97 Å². The van der Waals surface area contributed by atoms with E-state index in [4.69, 9.17) is 9.47 Å². The number of carbonyl (C=O) groups excluding carboxylic acids is 1. The number of ether oxygens (including phenoxy) is 2. The number of rotatable bonds is 4. The van der Waals surface area contributed by atoms with Crippen molar-refractivity contribution in [3.63, 3.8) is 0 Å². The molecule has 0 amide bonds. The van der Waals surface area contributed by atoms with Gasteiger partial charge in [0.05, 0.1) is 26.2 Å². The van der Waals surface area contributed by atoms with E-state index in [0.717, 1.165) is 18.7 Å². The van der Waals surface area contributed by atoms with Crippen LogP contribution in [0.4, 0.5) is 0 Å². The summed E-state index contributed by atoms with van der Waals surface area (Å²) in [5.74, 6) is -0.499. The standard InChI is InChI=1S/C14H19NO4/c1-18-14(17)13(10-15-5-7-19-8-6-15)11-3-2-4-12(16)9-11/h2-4,9,13,16H,5-8,10H2,1H3. The van der Waals surface area contributed by atoms with E-state index in [9.17, 15) is 9.90 Å². The maximum absolute atomic E-state index is 11.9. The number of hydrogen-bond acceptors (Lipinski definition) is 5. The highest BCUT2D eigenvalue weighted by Gasteiger charge is 2.25. The lowest BCUT2D eigenvalue weighted by Crippen LogP contribution is -2.40. The molecule has 1 heterocycles. The number of hydrogen-bond donors (Lipinski definition) is 1. The third kappa shape index (κ3) is 3.68. The monoisotopic (exact) mass is 265 g/mol. The first-order valence-corrected chi connectivity index (χ1v) is 6.37. The van der Waals surface area contributed by atoms with E-state index in [2.05, 4.69) is 4.90 Å². The number of nitrogens with zero attached hydrogens (tertiary/aromatic N) is 1. The van der Waals surface area contributed by atoms with Crippen LogP contribution in [0.25, 0.3) is 0 Å². The smallest absolute Gasteiger partial charge is 0.314 e. The Morgan fingerprint density at radius 1 is 1.47 bits per heavy atom. The zero-order chi connectivity index (χ0) is 13.7. The van der Waals surface area contributed by atoms with Crippen molar-refractivity contribution in [2.45, 2.75) is 5.92 Å². The van der Waals surface area contributed by atoms with Gasteiger partial charge in [0.2, 0.25) is 0 Å². The Hall–Kier alpha value is -1.59. The van der Waals surface area contributed by atoms with Crippen molar-refractivity contribution in [3.05, 3.63) is 29.8 Å². The zero-order valence-electron chi connectivity index (χ0n) is 11.0. The van der Waals surface area contributed by atoms with Crippen molar-refractivity contribution in [2.24, 2.45) is 0 Å². The van der Waals surface area contributed by atoms with Crippen LogP contribution in [-0.2, 0) is 14.3 Å². The van der Waals surface area contributed by atoms with Crippen molar-refractivity contribution >= 4 is 5.97 Å². The van der Waals surface area contributed by atoms with Crippen LogP contribution >= 0.6 is 0 Å². The first-order chi connectivity index (χ1) is 9.20. The van der Waals surface area contributed by atoms with E-state index in [1.807, 2.05) is 6.07 Å².